The van der Waals surface area contributed by atoms with Crippen LogP contribution in [-0.2, 0) is 0 Å². The summed E-state index contributed by atoms with van der Waals surface area (Å²) in [6.07, 6.45) is 4.99. The normalized spacial score (nSPS) is 42.6. The van der Waals surface area contributed by atoms with Crippen LogP contribution < -0.4 is 5.32 Å². The highest BCUT2D eigenvalue weighted by molar-refractivity contribution is 5.18. The molecule has 0 aliphatic heterocycles. The molecule has 0 aromatic carbocycles. The van der Waals surface area contributed by atoms with Crippen LogP contribution in [0.3, 0.4) is 0 Å². The third-order valence-electron chi connectivity index (χ3n) is 3.59. The number of nitriles is 1. The summed E-state index contributed by atoms with van der Waals surface area (Å²) in [6, 6.07) is 2.96. The van der Waals surface area contributed by atoms with Crippen molar-refractivity contribution in [3.63, 3.8) is 0 Å². The minimum absolute atomic E-state index is 0.170. The molecule has 0 aromatic rings. The van der Waals surface area contributed by atoms with Gasteiger partial charge in [-0.05, 0) is 51.4 Å². The Morgan fingerprint density at radius 1 is 1.46 bits per heavy atom. The maximum atomic E-state index is 9.28. The van der Waals surface area contributed by atoms with Gasteiger partial charge in [0.25, 0.3) is 0 Å². The number of fused-ring (bicyclic) bond motifs is 2. The van der Waals surface area contributed by atoms with Gasteiger partial charge in [0, 0.05) is 6.04 Å². The van der Waals surface area contributed by atoms with Gasteiger partial charge in [0.15, 0.2) is 0 Å². The molecule has 72 valence electrons. The SMILES string of the molecule is CC(C)NC1(C#N)CC2CCC1C2. The van der Waals surface area contributed by atoms with Gasteiger partial charge in [-0.25, -0.2) is 0 Å². The second kappa shape index (κ2) is 2.99. The topological polar surface area (TPSA) is 35.8 Å². The Hall–Kier alpha value is -0.550. The van der Waals surface area contributed by atoms with Gasteiger partial charge < -0.3 is 0 Å². The Morgan fingerprint density at radius 2 is 2.23 bits per heavy atom. The highest BCUT2D eigenvalue weighted by atomic mass is 15.0. The lowest BCUT2D eigenvalue weighted by atomic mass is 9.81. The predicted molar refractivity (Wildman–Crippen MR) is 52.1 cm³/mol. The van der Waals surface area contributed by atoms with E-state index in [1.165, 1.54) is 19.3 Å². The van der Waals surface area contributed by atoms with E-state index in [1.54, 1.807) is 0 Å². The maximum absolute atomic E-state index is 9.28. The highest BCUT2D eigenvalue weighted by Gasteiger charge is 2.51. The van der Waals surface area contributed by atoms with Crippen LogP contribution >= 0.6 is 0 Å². The molecule has 2 saturated carbocycles. The van der Waals surface area contributed by atoms with Crippen LogP contribution in [0.2, 0.25) is 0 Å². The molecule has 0 aromatic heterocycles. The molecular weight excluding hydrogens is 160 g/mol. The minimum Gasteiger partial charge on any atom is -0.297 e. The summed E-state index contributed by atoms with van der Waals surface area (Å²) in [4.78, 5) is 0. The molecule has 1 N–H and O–H groups in total. The van der Waals surface area contributed by atoms with Crippen LogP contribution in [0.15, 0.2) is 0 Å². The number of hydrogen-bond acceptors (Lipinski definition) is 2. The standard InChI is InChI=1S/C11H18N2/c1-8(2)13-11(7-12)6-9-3-4-10(11)5-9/h8-10,13H,3-6H2,1-2H3. The monoisotopic (exact) mass is 178 g/mol. The second-order valence-corrected chi connectivity index (χ2v) is 4.96. The smallest absolute Gasteiger partial charge is 0.110 e. The lowest BCUT2D eigenvalue weighted by molar-refractivity contribution is 0.257. The Balaban J connectivity index is 2.14. The average molecular weight is 178 g/mol. The van der Waals surface area contributed by atoms with Crippen molar-refractivity contribution in [2.75, 3.05) is 0 Å². The molecule has 2 fully saturated rings. The third-order valence-corrected chi connectivity index (χ3v) is 3.59. The van der Waals surface area contributed by atoms with Crippen LogP contribution in [0, 0.1) is 23.2 Å². The molecule has 0 spiro atoms. The van der Waals surface area contributed by atoms with Gasteiger partial charge in [0.05, 0.1) is 6.07 Å². The van der Waals surface area contributed by atoms with E-state index in [4.69, 9.17) is 0 Å². The first-order valence-corrected chi connectivity index (χ1v) is 5.35. The van der Waals surface area contributed by atoms with Gasteiger partial charge in [-0.1, -0.05) is 0 Å². The van der Waals surface area contributed by atoms with E-state index in [9.17, 15) is 5.26 Å². The molecule has 0 heterocycles. The van der Waals surface area contributed by atoms with Gasteiger partial charge in [0.2, 0.25) is 0 Å². The van der Waals surface area contributed by atoms with Crippen molar-refractivity contribution < 1.29 is 0 Å². The van der Waals surface area contributed by atoms with E-state index in [0.717, 1.165) is 12.3 Å². The molecule has 3 unspecified atom stereocenters. The molecule has 2 aliphatic rings. The van der Waals surface area contributed by atoms with Crippen molar-refractivity contribution in [3.05, 3.63) is 0 Å². The molecule has 0 amide bonds. The molecule has 2 rings (SSSR count). The van der Waals surface area contributed by atoms with Gasteiger partial charge >= 0.3 is 0 Å². The molecule has 2 aliphatic carbocycles. The van der Waals surface area contributed by atoms with Crippen molar-refractivity contribution in [1.82, 2.24) is 5.32 Å². The van der Waals surface area contributed by atoms with Gasteiger partial charge in [0.1, 0.15) is 5.54 Å². The fraction of sp³-hybridized carbons (Fsp3) is 0.909. The lowest BCUT2D eigenvalue weighted by Crippen LogP contribution is -2.51. The first kappa shape index (κ1) is 9.02. The number of nitrogens with zero attached hydrogens (tertiary/aromatic N) is 1. The van der Waals surface area contributed by atoms with Gasteiger partial charge in [-0.15, -0.1) is 0 Å². The van der Waals surface area contributed by atoms with Crippen molar-refractivity contribution in [2.24, 2.45) is 11.8 Å². The Kier molecular flexibility index (Phi) is 2.08. The first-order valence-electron chi connectivity index (χ1n) is 5.35. The van der Waals surface area contributed by atoms with Crippen LogP contribution in [0.5, 0.6) is 0 Å². The quantitative estimate of drug-likeness (QED) is 0.702. The summed E-state index contributed by atoms with van der Waals surface area (Å²) in [7, 11) is 0. The number of nitrogens with one attached hydrogen (secondary N) is 1. The molecule has 2 nitrogen and oxygen atoms in total. The van der Waals surface area contributed by atoms with Crippen molar-refractivity contribution in [2.45, 2.75) is 51.1 Å². The zero-order chi connectivity index (χ0) is 9.47. The highest BCUT2D eigenvalue weighted by Crippen LogP contribution is 2.50. The molecule has 2 bridgehead atoms. The zero-order valence-electron chi connectivity index (χ0n) is 8.51. The fourth-order valence-corrected chi connectivity index (χ4v) is 3.19. The van der Waals surface area contributed by atoms with E-state index in [1.807, 2.05) is 0 Å². The third kappa shape index (κ3) is 1.36. The minimum atomic E-state index is -0.170. The van der Waals surface area contributed by atoms with Crippen molar-refractivity contribution in [3.8, 4) is 6.07 Å². The molecular formula is C11H18N2. The van der Waals surface area contributed by atoms with Gasteiger partial charge in [-0.3, -0.25) is 5.32 Å². The average Bonchev–Trinajstić information content (AvgIpc) is 2.62. The van der Waals surface area contributed by atoms with Crippen LogP contribution in [0.1, 0.15) is 39.5 Å². The largest absolute Gasteiger partial charge is 0.297 e. The summed E-state index contributed by atoms with van der Waals surface area (Å²) < 4.78 is 0. The first-order chi connectivity index (χ1) is 6.16. The molecule has 13 heavy (non-hydrogen) atoms. The van der Waals surface area contributed by atoms with Crippen molar-refractivity contribution in [1.29, 1.82) is 5.26 Å². The zero-order valence-corrected chi connectivity index (χ0v) is 8.51. The summed E-state index contributed by atoms with van der Waals surface area (Å²) in [5, 5.41) is 12.8. The van der Waals surface area contributed by atoms with E-state index < -0.39 is 0 Å². The molecule has 3 atom stereocenters. The van der Waals surface area contributed by atoms with E-state index in [2.05, 4.69) is 25.2 Å². The predicted octanol–water partition coefficient (Wildman–Crippen LogP) is 2.07. The van der Waals surface area contributed by atoms with E-state index in [0.29, 0.717) is 12.0 Å². The Morgan fingerprint density at radius 3 is 2.62 bits per heavy atom. The van der Waals surface area contributed by atoms with Crippen molar-refractivity contribution >= 4 is 0 Å². The number of rotatable bonds is 2. The second-order valence-electron chi connectivity index (χ2n) is 4.96. The summed E-state index contributed by atoms with van der Waals surface area (Å²) in [5.41, 5.74) is -0.170. The number of hydrogen-bond donors (Lipinski definition) is 1. The van der Waals surface area contributed by atoms with Crippen LogP contribution in [-0.4, -0.2) is 11.6 Å². The maximum Gasteiger partial charge on any atom is 0.110 e. The fourth-order valence-electron chi connectivity index (χ4n) is 3.19. The summed E-state index contributed by atoms with van der Waals surface area (Å²) in [6.45, 7) is 4.26. The van der Waals surface area contributed by atoms with E-state index >= 15 is 0 Å². The molecule has 0 saturated heterocycles. The van der Waals surface area contributed by atoms with E-state index in [-0.39, 0.29) is 5.54 Å². The molecule has 0 radical (unpaired) electrons. The lowest BCUT2D eigenvalue weighted by Gasteiger charge is -2.33. The Labute approximate surface area is 80.3 Å². The molecule has 2 heteroatoms. The summed E-state index contributed by atoms with van der Waals surface area (Å²) >= 11 is 0. The Bertz CT molecular complexity index is 241. The van der Waals surface area contributed by atoms with Crippen LogP contribution in [0.25, 0.3) is 0 Å². The summed E-state index contributed by atoms with van der Waals surface area (Å²) in [5.74, 6) is 1.46. The van der Waals surface area contributed by atoms with Gasteiger partial charge in [-0.2, -0.15) is 5.26 Å². The van der Waals surface area contributed by atoms with Crippen LogP contribution in [0.4, 0.5) is 0 Å².